The molecule has 0 spiro atoms. The molecule has 1 unspecified atom stereocenters. The van der Waals surface area contributed by atoms with Crippen LogP contribution >= 0.6 is 0 Å². The first-order chi connectivity index (χ1) is 10.1. The number of nitrogens with zero attached hydrogens (tertiary/aromatic N) is 3. The molecule has 21 heavy (non-hydrogen) atoms. The zero-order chi connectivity index (χ0) is 15.2. The monoisotopic (exact) mass is 296 g/mol. The lowest BCUT2D eigenvalue weighted by Crippen LogP contribution is -2.43. The molecule has 0 aromatic heterocycles. The molecular formula is C16H32N4O. The summed E-state index contributed by atoms with van der Waals surface area (Å²) in [5, 5.41) is 13.0. The van der Waals surface area contributed by atoms with E-state index < -0.39 is 0 Å². The molecule has 2 fully saturated rings. The molecule has 122 valence electrons. The first kappa shape index (κ1) is 16.6. The van der Waals surface area contributed by atoms with Gasteiger partial charge in [-0.3, -0.25) is 9.89 Å². The van der Waals surface area contributed by atoms with Crippen molar-refractivity contribution in [3.8, 4) is 0 Å². The third kappa shape index (κ3) is 4.85. The molecule has 2 heterocycles. The third-order valence-electron chi connectivity index (χ3n) is 4.74. The van der Waals surface area contributed by atoms with Crippen molar-refractivity contribution in [3.63, 3.8) is 0 Å². The zero-order valence-corrected chi connectivity index (χ0v) is 13.9. The van der Waals surface area contributed by atoms with Crippen LogP contribution in [0.2, 0.25) is 0 Å². The van der Waals surface area contributed by atoms with Gasteiger partial charge in [0.15, 0.2) is 5.96 Å². The lowest BCUT2D eigenvalue weighted by atomic mass is 9.98. The summed E-state index contributed by atoms with van der Waals surface area (Å²) in [6.45, 7) is 12.5. The summed E-state index contributed by atoms with van der Waals surface area (Å²) in [7, 11) is 0. The van der Waals surface area contributed by atoms with Gasteiger partial charge in [-0.25, -0.2) is 0 Å². The first-order valence-electron chi connectivity index (χ1n) is 8.55. The van der Waals surface area contributed by atoms with Crippen LogP contribution in [0.4, 0.5) is 0 Å². The highest BCUT2D eigenvalue weighted by Crippen LogP contribution is 2.18. The number of likely N-dealkylation sites (tertiary alicyclic amines) is 2. The molecule has 0 aliphatic carbocycles. The molecule has 2 aliphatic heterocycles. The molecule has 5 nitrogen and oxygen atoms in total. The van der Waals surface area contributed by atoms with Gasteiger partial charge in [-0.05, 0) is 52.1 Å². The minimum absolute atomic E-state index is 0.199. The number of hydrogen-bond acceptors (Lipinski definition) is 3. The number of nitrogens with one attached hydrogen (secondary N) is 1. The number of aliphatic hydroxyl groups is 1. The normalized spacial score (nSPS) is 27.1. The van der Waals surface area contributed by atoms with E-state index in [1.807, 2.05) is 0 Å². The SMILES string of the molecule is CCNC(=NCC(C)N1CCC(C)CC1)N1CC[C@@H](O)C1. The highest BCUT2D eigenvalue weighted by molar-refractivity contribution is 5.80. The lowest BCUT2D eigenvalue weighted by molar-refractivity contribution is 0.150. The van der Waals surface area contributed by atoms with Gasteiger partial charge in [0.05, 0.1) is 12.6 Å². The van der Waals surface area contributed by atoms with Crippen LogP contribution < -0.4 is 5.32 Å². The molecule has 2 saturated heterocycles. The molecule has 0 amide bonds. The summed E-state index contributed by atoms with van der Waals surface area (Å²) in [4.78, 5) is 9.54. The fourth-order valence-electron chi connectivity index (χ4n) is 3.16. The Morgan fingerprint density at radius 2 is 2.00 bits per heavy atom. The standard InChI is InChI=1S/C16H32N4O/c1-4-17-16(20-10-7-15(21)12-20)18-11-14(3)19-8-5-13(2)6-9-19/h13-15,21H,4-12H2,1-3H3,(H,17,18)/t14?,15-/m1/s1. The summed E-state index contributed by atoms with van der Waals surface area (Å²) in [5.74, 6) is 1.84. The molecular weight excluding hydrogens is 264 g/mol. The smallest absolute Gasteiger partial charge is 0.194 e. The Kier molecular flexibility index (Phi) is 6.30. The number of β-amino-alcohol motifs (C(OH)–C–C–N with tert-alkyl or cyclic N) is 1. The number of aliphatic imine (C=N–C) groups is 1. The molecule has 0 aromatic carbocycles. The van der Waals surface area contributed by atoms with Crippen LogP contribution in [-0.4, -0.2) is 72.3 Å². The van der Waals surface area contributed by atoms with Crippen molar-refractivity contribution in [3.05, 3.63) is 0 Å². The van der Waals surface area contributed by atoms with E-state index in [0.717, 1.165) is 37.9 Å². The Labute approximate surface area is 129 Å². The summed E-state index contributed by atoms with van der Waals surface area (Å²) in [6.07, 6.45) is 3.28. The van der Waals surface area contributed by atoms with Crippen LogP contribution in [0.15, 0.2) is 4.99 Å². The van der Waals surface area contributed by atoms with Gasteiger partial charge in [-0.2, -0.15) is 0 Å². The second-order valence-electron chi connectivity index (χ2n) is 6.65. The molecule has 2 atom stereocenters. The number of piperidine rings is 1. The predicted molar refractivity (Wildman–Crippen MR) is 87.6 cm³/mol. The van der Waals surface area contributed by atoms with Crippen LogP contribution in [0.5, 0.6) is 0 Å². The Balaban J connectivity index is 1.86. The van der Waals surface area contributed by atoms with Crippen molar-refractivity contribution in [1.29, 1.82) is 0 Å². The van der Waals surface area contributed by atoms with E-state index in [1.165, 1.54) is 25.9 Å². The van der Waals surface area contributed by atoms with Gasteiger partial charge in [0, 0.05) is 25.7 Å². The largest absolute Gasteiger partial charge is 0.391 e. The average molecular weight is 296 g/mol. The van der Waals surface area contributed by atoms with E-state index in [4.69, 9.17) is 4.99 Å². The van der Waals surface area contributed by atoms with E-state index in [-0.39, 0.29) is 6.10 Å². The molecule has 5 heteroatoms. The quantitative estimate of drug-likeness (QED) is 0.603. The van der Waals surface area contributed by atoms with Gasteiger partial charge in [0.1, 0.15) is 0 Å². The van der Waals surface area contributed by atoms with Gasteiger partial charge in [0.25, 0.3) is 0 Å². The highest BCUT2D eigenvalue weighted by Gasteiger charge is 2.24. The number of hydrogen-bond donors (Lipinski definition) is 2. The molecule has 2 N–H and O–H groups in total. The number of guanidine groups is 1. The summed E-state index contributed by atoms with van der Waals surface area (Å²) < 4.78 is 0. The Hall–Kier alpha value is -0.810. The van der Waals surface area contributed by atoms with E-state index >= 15 is 0 Å². The molecule has 0 bridgehead atoms. The molecule has 0 aromatic rings. The molecule has 2 rings (SSSR count). The van der Waals surface area contributed by atoms with Gasteiger partial charge in [-0.1, -0.05) is 6.92 Å². The lowest BCUT2D eigenvalue weighted by Gasteiger charge is -2.34. The van der Waals surface area contributed by atoms with Crippen LogP contribution in [0.1, 0.15) is 40.0 Å². The van der Waals surface area contributed by atoms with Gasteiger partial charge >= 0.3 is 0 Å². The Morgan fingerprint density at radius 3 is 2.57 bits per heavy atom. The summed E-state index contributed by atoms with van der Waals surface area (Å²) in [6, 6.07) is 0.499. The van der Waals surface area contributed by atoms with E-state index in [0.29, 0.717) is 12.6 Å². The molecule has 0 radical (unpaired) electrons. The average Bonchev–Trinajstić information content (AvgIpc) is 2.90. The maximum Gasteiger partial charge on any atom is 0.194 e. The van der Waals surface area contributed by atoms with Gasteiger partial charge < -0.3 is 15.3 Å². The van der Waals surface area contributed by atoms with Crippen LogP contribution in [0, 0.1) is 5.92 Å². The van der Waals surface area contributed by atoms with Crippen molar-refractivity contribution < 1.29 is 5.11 Å². The van der Waals surface area contributed by atoms with Gasteiger partial charge in [-0.15, -0.1) is 0 Å². The maximum absolute atomic E-state index is 9.69. The molecule has 2 aliphatic rings. The van der Waals surface area contributed by atoms with Crippen LogP contribution in [-0.2, 0) is 0 Å². The Morgan fingerprint density at radius 1 is 1.29 bits per heavy atom. The fraction of sp³-hybridized carbons (Fsp3) is 0.938. The number of rotatable bonds is 4. The topological polar surface area (TPSA) is 51.1 Å². The van der Waals surface area contributed by atoms with Crippen molar-refractivity contribution in [2.45, 2.75) is 52.2 Å². The first-order valence-corrected chi connectivity index (χ1v) is 8.55. The molecule has 0 saturated carbocycles. The van der Waals surface area contributed by atoms with Crippen molar-refractivity contribution >= 4 is 5.96 Å². The second-order valence-corrected chi connectivity index (χ2v) is 6.65. The fourth-order valence-corrected chi connectivity index (χ4v) is 3.16. The summed E-state index contributed by atoms with van der Waals surface area (Å²) >= 11 is 0. The zero-order valence-electron chi connectivity index (χ0n) is 13.9. The van der Waals surface area contributed by atoms with Crippen molar-refractivity contribution in [2.24, 2.45) is 10.9 Å². The van der Waals surface area contributed by atoms with Crippen LogP contribution in [0.3, 0.4) is 0 Å². The van der Waals surface area contributed by atoms with Crippen molar-refractivity contribution in [2.75, 3.05) is 39.3 Å². The van der Waals surface area contributed by atoms with E-state index in [1.54, 1.807) is 0 Å². The minimum Gasteiger partial charge on any atom is -0.391 e. The third-order valence-corrected chi connectivity index (χ3v) is 4.74. The van der Waals surface area contributed by atoms with Crippen LogP contribution in [0.25, 0.3) is 0 Å². The van der Waals surface area contributed by atoms with Crippen molar-refractivity contribution in [1.82, 2.24) is 15.1 Å². The minimum atomic E-state index is -0.199. The van der Waals surface area contributed by atoms with Gasteiger partial charge in [0.2, 0.25) is 0 Å². The second kappa shape index (κ2) is 7.99. The number of aliphatic hydroxyl groups excluding tert-OH is 1. The highest BCUT2D eigenvalue weighted by atomic mass is 16.3. The predicted octanol–water partition coefficient (Wildman–Crippen LogP) is 1.14. The summed E-state index contributed by atoms with van der Waals surface area (Å²) in [5.41, 5.74) is 0. The van der Waals surface area contributed by atoms with E-state index in [9.17, 15) is 5.11 Å². The van der Waals surface area contributed by atoms with E-state index in [2.05, 4.69) is 35.9 Å². The Bertz CT molecular complexity index is 339. The maximum atomic E-state index is 9.69.